The highest BCUT2D eigenvalue weighted by Gasteiger charge is 2.24. The van der Waals surface area contributed by atoms with E-state index >= 15 is 0 Å². The fourth-order valence-corrected chi connectivity index (χ4v) is 2.00. The van der Waals surface area contributed by atoms with E-state index in [1.54, 1.807) is 6.92 Å². The Balaban J connectivity index is 1.93. The number of hydrogen-bond acceptors (Lipinski definition) is 3. The molecule has 3 heteroatoms. The van der Waals surface area contributed by atoms with Crippen LogP contribution in [0.3, 0.4) is 0 Å². The highest BCUT2D eigenvalue weighted by Crippen LogP contribution is 2.19. The van der Waals surface area contributed by atoms with Gasteiger partial charge in [-0.05, 0) is 38.1 Å². The Morgan fingerprint density at radius 2 is 2.25 bits per heavy atom. The Morgan fingerprint density at radius 3 is 2.88 bits per heavy atom. The van der Waals surface area contributed by atoms with Crippen LogP contribution in [-0.4, -0.2) is 42.4 Å². The molecular formula is C13H19NO2. The van der Waals surface area contributed by atoms with Gasteiger partial charge < -0.3 is 9.84 Å². The summed E-state index contributed by atoms with van der Waals surface area (Å²) in [6, 6.07) is 8.00. The molecule has 1 unspecified atom stereocenters. The van der Waals surface area contributed by atoms with Gasteiger partial charge in [-0.1, -0.05) is 12.1 Å². The summed E-state index contributed by atoms with van der Waals surface area (Å²) in [6.07, 6.45) is 0.707. The summed E-state index contributed by atoms with van der Waals surface area (Å²) in [4.78, 5) is 2.23. The van der Waals surface area contributed by atoms with Crippen molar-refractivity contribution < 1.29 is 9.84 Å². The SMILES string of the molecule is CC(O)Cc1cccc(OC2CN(C)C2)c1. The lowest BCUT2D eigenvalue weighted by Gasteiger charge is -2.36. The molecule has 16 heavy (non-hydrogen) atoms. The number of ether oxygens (including phenoxy) is 1. The second-order valence-electron chi connectivity index (χ2n) is 4.66. The van der Waals surface area contributed by atoms with E-state index in [1.807, 2.05) is 24.3 Å². The Labute approximate surface area is 96.6 Å². The maximum atomic E-state index is 9.32. The fourth-order valence-electron chi connectivity index (χ4n) is 2.00. The molecule has 1 N–H and O–H groups in total. The lowest BCUT2D eigenvalue weighted by atomic mass is 10.1. The molecule has 0 aliphatic carbocycles. The molecule has 1 aromatic carbocycles. The second-order valence-corrected chi connectivity index (χ2v) is 4.66. The molecule has 0 bridgehead atoms. The molecular weight excluding hydrogens is 202 g/mol. The third-order valence-electron chi connectivity index (χ3n) is 2.76. The molecule has 0 aromatic heterocycles. The van der Waals surface area contributed by atoms with E-state index in [-0.39, 0.29) is 6.10 Å². The zero-order chi connectivity index (χ0) is 11.5. The van der Waals surface area contributed by atoms with E-state index in [0.29, 0.717) is 12.5 Å². The summed E-state index contributed by atoms with van der Waals surface area (Å²) in [7, 11) is 2.09. The predicted molar refractivity (Wildman–Crippen MR) is 63.7 cm³/mol. The van der Waals surface area contributed by atoms with Gasteiger partial charge in [0, 0.05) is 13.1 Å². The standard InChI is InChI=1S/C13H19NO2/c1-10(15)6-11-4-3-5-12(7-11)16-13-8-14(2)9-13/h3-5,7,10,13,15H,6,8-9H2,1-2H3. The van der Waals surface area contributed by atoms with E-state index in [0.717, 1.165) is 24.4 Å². The lowest BCUT2D eigenvalue weighted by molar-refractivity contribution is 0.0387. The monoisotopic (exact) mass is 221 g/mol. The minimum atomic E-state index is -0.301. The van der Waals surface area contributed by atoms with Gasteiger partial charge in [0.2, 0.25) is 0 Å². The van der Waals surface area contributed by atoms with Gasteiger partial charge in [0.25, 0.3) is 0 Å². The zero-order valence-electron chi connectivity index (χ0n) is 9.89. The van der Waals surface area contributed by atoms with Gasteiger partial charge in [-0.25, -0.2) is 0 Å². The van der Waals surface area contributed by atoms with Gasteiger partial charge in [-0.2, -0.15) is 0 Å². The van der Waals surface area contributed by atoms with Crippen molar-refractivity contribution >= 4 is 0 Å². The molecule has 0 amide bonds. The van der Waals surface area contributed by atoms with E-state index in [1.165, 1.54) is 0 Å². The van der Waals surface area contributed by atoms with Crippen molar-refractivity contribution in [2.75, 3.05) is 20.1 Å². The summed E-state index contributed by atoms with van der Waals surface area (Å²) < 4.78 is 5.82. The van der Waals surface area contributed by atoms with E-state index < -0.39 is 0 Å². The van der Waals surface area contributed by atoms with Crippen molar-refractivity contribution in [1.82, 2.24) is 4.90 Å². The van der Waals surface area contributed by atoms with Crippen LogP contribution in [0.4, 0.5) is 0 Å². The summed E-state index contributed by atoms with van der Waals surface area (Å²) >= 11 is 0. The van der Waals surface area contributed by atoms with Crippen molar-refractivity contribution in [1.29, 1.82) is 0 Å². The molecule has 3 nitrogen and oxygen atoms in total. The Hall–Kier alpha value is -1.06. The molecule has 2 rings (SSSR count). The Morgan fingerprint density at radius 1 is 1.50 bits per heavy atom. The molecule has 1 heterocycles. The minimum absolute atomic E-state index is 0.301. The Bertz CT molecular complexity index is 346. The summed E-state index contributed by atoms with van der Waals surface area (Å²) in [5.41, 5.74) is 1.13. The first-order chi connectivity index (χ1) is 7.63. The maximum Gasteiger partial charge on any atom is 0.124 e. The van der Waals surface area contributed by atoms with Crippen LogP contribution in [0, 0.1) is 0 Å². The van der Waals surface area contributed by atoms with E-state index in [4.69, 9.17) is 4.74 Å². The van der Waals surface area contributed by atoms with Crippen molar-refractivity contribution in [2.45, 2.75) is 25.6 Å². The molecule has 1 aliphatic heterocycles. The molecule has 0 radical (unpaired) electrons. The average Bonchev–Trinajstić information content (AvgIpc) is 2.15. The summed E-state index contributed by atoms with van der Waals surface area (Å²) in [5, 5.41) is 9.32. The van der Waals surface area contributed by atoms with Crippen molar-refractivity contribution in [3.05, 3.63) is 29.8 Å². The molecule has 1 aromatic rings. The van der Waals surface area contributed by atoms with Gasteiger partial charge in [-0.3, -0.25) is 4.90 Å². The van der Waals surface area contributed by atoms with Crippen LogP contribution < -0.4 is 4.74 Å². The van der Waals surface area contributed by atoms with Crippen LogP contribution in [0.25, 0.3) is 0 Å². The van der Waals surface area contributed by atoms with Gasteiger partial charge >= 0.3 is 0 Å². The van der Waals surface area contributed by atoms with Crippen molar-refractivity contribution in [2.24, 2.45) is 0 Å². The first-order valence-corrected chi connectivity index (χ1v) is 5.75. The number of nitrogens with zero attached hydrogens (tertiary/aromatic N) is 1. The number of benzene rings is 1. The number of aliphatic hydroxyl groups excluding tert-OH is 1. The fraction of sp³-hybridized carbons (Fsp3) is 0.538. The van der Waals surface area contributed by atoms with Crippen molar-refractivity contribution in [3.8, 4) is 5.75 Å². The third-order valence-corrected chi connectivity index (χ3v) is 2.76. The predicted octanol–water partition coefficient (Wildman–Crippen LogP) is 1.30. The molecule has 1 fully saturated rings. The second kappa shape index (κ2) is 4.85. The summed E-state index contributed by atoms with van der Waals surface area (Å²) in [5.74, 6) is 0.913. The number of likely N-dealkylation sites (N-methyl/N-ethyl adjacent to an activating group) is 1. The molecule has 88 valence electrons. The molecule has 1 atom stereocenters. The van der Waals surface area contributed by atoms with Crippen LogP contribution in [0.1, 0.15) is 12.5 Å². The Kier molecular flexibility index (Phi) is 3.46. The smallest absolute Gasteiger partial charge is 0.124 e. The average molecular weight is 221 g/mol. The van der Waals surface area contributed by atoms with Crippen LogP contribution in [0.2, 0.25) is 0 Å². The third kappa shape index (κ3) is 2.97. The van der Waals surface area contributed by atoms with Crippen LogP contribution in [-0.2, 0) is 6.42 Å². The van der Waals surface area contributed by atoms with Gasteiger partial charge in [0.15, 0.2) is 0 Å². The van der Waals surface area contributed by atoms with Gasteiger partial charge in [0.05, 0.1) is 6.10 Å². The maximum absolute atomic E-state index is 9.32. The lowest BCUT2D eigenvalue weighted by Crippen LogP contribution is -2.51. The van der Waals surface area contributed by atoms with Crippen LogP contribution in [0.15, 0.2) is 24.3 Å². The normalized spacial score (nSPS) is 19.2. The van der Waals surface area contributed by atoms with Gasteiger partial charge in [0.1, 0.15) is 11.9 Å². The molecule has 0 spiro atoms. The molecule has 1 saturated heterocycles. The zero-order valence-corrected chi connectivity index (χ0v) is 9.89. The number of likely N-dealkylation sites (tertiary alicyclic amines) is 1. The first-order valence-electron chi connectivity index (χ1n) is 5.75. The van der Waals surface area contributed by atoms with Crippen LogP contribution >= 0.6 is 0 Å². The van der Waals surface area contributed by atoms with Gasteiger partial charge in [-0.15, -0.1) is 0 Å². The highest BCUT2D eigenvalue weighted by atomic mass is 16.5. The van der Waals surface area contributed by atoms with Crippen molar-refractivity contribution in [3.63, 3.8) is 0 Å². The number of rotatable bonds is 4. The summed E-state index contributed by atoms with van der Waals surface area (Å²) in [6.45, 7) is 3.80. The highest BCUT2D eigenvalue weighted by molar-refractivity contribution is 5.29. The minimum Gasteiger partial charge on any atom is -0.488 e. The quantitative estimate of drug-likeness (QED) is 0.832. The van der Waals surface area contributed by atoms with E-state index in [2.05, 4.69) is 11.9 Å². The molecule has 1 aliphatic rings. The number of aliphatic hydroxyl groups is 1. The molecule has 0 saturated carbocycles. The topological polar surface area (TPSA) is 32.7 Å². The largest absolute Gasteiger partial charge is 0.488 e. The van der Waals surface area contributed by atoms with Crippen LogP contribution in [0.5, 0.6) is 5.75 Å². The number of hydrogen-bond donors (Lipinski definition) is 1. The first kappa shape index (κ1) is 11.4. The van der Waals surface area contributed by atoms with E-state index in [9.17, 15) is 5.11 Å².